The summed E-state index contributed by atoms with van der Waals surface area (Å²) in [5, 5.41) is 13.0. The monoisotopic (exact) mass is 297 g/mol. The smallest absolute Gasteiger partial charge is 0.128 e. The lowest BCUT2D eigenvalue weighted by atomic mass is 9.93. The number of nitrogens with two attached hydrogens (primary N) is 1. The van der Waals surface area contributed by atoms with E-state index in [0.717, 1.165) is 43.5 Å². The van der Waals surface area contributed by atoms with Crippen molar-refractivity contribution in [3.8, 4) is 0 Å². The third-order valence-corrected chi connectivity index (χ3v) is 4.20. The molecule has 0 atom stereocenters. The molecule has 0 unspecified atom stereocenters. The van der Waals surface area contributed by atoms with Gasteiger partial charge in [0.25, 0.3) is 0 Å². The van der Waals surface area contributed by atoms with Crippen molar-refractivity contribution in [2.24, 2.45) is 0 Å². The van der Waals surface area contributed by atoms with E-state index >= 15 is 0 Å². The summed E-state index contributed by atoms with van der Waals surface area (Å²) >= 11 is 0. The summed E-state index contributed by atoms with van der Waals surface area (Å²) in [6.07, 6.45) is 4.39. The fourth-order valence-corrected chi connectivity index (χ4v) is 3.05. The molecule has 0 spiro atoms. The standard InChI is InChI=1S/C18H23N3O/c19-17-11-14(10-13-4-2-1-3-5-13)12-18(21-17)20-15-6-8-16(22)9-7-15/h1-5,11-12,15-16,22H,6-10H2,(H3,19,20,21). The topological polar surface area (TPSA) is 71.2 Å². The minimum Gasteiger partial charge on any atom is -0.393 e. The normalized spacial score (nSPS) is 21.5. The van der Waals surface area contributed by atoms with Gasteiger partial charge in [-0.3, -0.25) is 0 Å². The lowest BCUT2D eigenvalue weighted by molar-refractivity contribution is 0.126. The van der Waals surface area contributed by atoms with Gasteiger partial charge in [-0.05, 0) is 55.4 Å². The van der Waals surface area contributed by atoms with Gasteiger partial charge >= 0.3 is 0 Å². The van der Waals surface area contributed by atoms with Gasteiger partial charge in [0.05, 0.1) is 6.10 Å². The van der Waals surface area contributed by atoms with Crippen LogP contribution in [0.25, 0.3) is 0 Å². The number of benzene rings is 1. The summed E-state index contributed by atoms with van der Waals surface area (Å²) in [6.45, 7) is 0. The molecule has 1 saturated carbocycles. The zero-order valence-corrected chi connectivity index (χ0v) is 12.7. The van der Waals surface area contributed by atoms with Crippen molar-refractivity contribution in [2.45, 2.75) is 44.2 Å². The van der Waals surface area contributed by atoms with E-state index in [4.69, 9.17) is 5.73 Å². The molecule has 1 fully saturated rings. The molecule has 1 heterocycles. The maximum absolute atomic E-state index is 9.58. The number of rotatable bonds is 4. The molecule has 1 aromatic heterocycles. The van der Waals surface area contributed by atoms with Gasteiger partial charge in [0.15, 0.2) is 0 Å². The Morgan fingerprint density at radius 3 is 2.50 bits per heavy atom. The Balaban J connectivity index is 1.70. The van der Waals surface area contributed by atoms with Gasteiger partial charge in [0, 0.05) is 6.04 Å². The Bertz CT molecular complexity index is 607. The quantitative estimate of drug-likeness (QED) is 0.811. The minimum atomic E-state index is -0.138. The van der Waals surface area contributed by atoms with E-state index < -0.39 is 0 Å². The van der Waals surface area contributed by atoms with Crippen LogP contribution >= 0.6 is 0 Å². The summed E-state index contributed by atoms with van der Waals surface area (Å²) in [5.41, 5.74) is 8.38. The van der Waals surface area contributed by atoms with Crippen LogP contribution in [0.4, 0.5) is 11.6 Å². The summed E-state index contributed by atoms with van der Waals surface area (Å²) in [6, 6.07) is 14.7. The SMILES string of the molecule is Nc1cc(Cc2ccccc2)cc(NC2CCC(O)CC2)n1. The van der Waals surface area contributed by atoms with Crippen LogP contribution in [0.5, 0.6) is 0 Å². The number of nitrogens with zero attached hydrogens (tertiary/aromatic N) is 1. The second-order valence-electron chi connectivity index (χ2n) is 6.10. The van der Waals surface area contributed by atoms with Crippen LogP contribution in [-0.2, 0) is 6.42 Å². The number of aliphatic hydroxyl groups is 1. The van der Waals surface area contributed by atoms with Gasteiger partial charge in [-0.2, -0.15) is 0 Å². The second-order valence-corrected chi connectivity index (χ2v) is 6.10. The summed E-state index contributed by atoms with van der Waals surface area (Å²) in [4.78, 5) is 4.39. The van der Waals surface area contributed by atoms with E-state index in [9.17, 15) is 5.11 Å². The molecule has 1 aliphatic rings. The number of hydrogen-bond acceptors (Lipinski definition) is 4. The first-order valence-electron chi connectivity index (χ1n) is 7.94. The van der Waals surface area contributed by atoms with Crippen LogP contribution in [0, 0.1) is 0 Å². The van der Waals surface area contributed by atoms with Crippen molar-refractivity contribution in [3.63, 3.8) is 0 Å². The van der Waals surface area contributed by atoms with Gasteiger partial charge in [-0.1, -0.05) is 30.3 Å². The Hall–Kier alpha value is -2.07. The fourth-order valence-electron chi connectivity index (χ4n) is 3.05. The largest absolute Gasteiger partial charge is 0.393 e. The molecule has 116 valence electrons. The first-order chi connectivity index (χ1) is 10.7. The minimum absolute atomic E-state index is 0.138. The third-order valence-electron chi connectivity index (χ3n) is 4.20. The molecular formula is C18H23N3O. The zero-order valence-electron chi connectivity index (χ0n) is 12.7. The number of hydrogen-bond donors (Lipinski definition) is 3. The van der Waals surface area contributed by atoms with Gasteiger partial charge in [-0.15, -0.1) is 0 Å². The molecule has 2 aromatic rings. The van der Waals surface area contributed by atoms with Crippen LogP contribution in [0.3, 0.4) is 0 Å². The van der Waals surface area contributed by atoms with E-state index in [-0.39, 0.29) is 6.10 Å². The molecule has 22 heavy (non-hydrogen) atoms. The van der Waals surface area contributed by atoms with E-state index in [1.165, 1.54) is 5.56 Å². The molecule has 0 radical (unpaired) electrons. The average molecular weight is 297 g/mol. The lowest BCUT2D eigenvalue weighted by Gasteiger charge is -2.26. The predicted molar refractivity (Wildman–Crippen MR) is 89.8 cm³/mol. The summed E-state index contributed by atoms with van der Waals surface area (Å²) in [7, 11) is 0. The van der Waals surface area contributed by atoms with E-state index in [0.29, 0.717) is 11.9 Å². The molecule has 0 bridgehead atoms. The van der Waals surface area contributed by atoms with E-state index in [1.807, 2.05) is 24.3 Å². The van der Waals surface area contributed by atoms with Crippen LogP contribution < -0.4 is 11.1 Å². The fraction of sp³-hybridized carbons (Fsp3) is 0.389. The number of pyridine rings is 1. The zero-order chi connectivity index (χ0) is 15.4. The first kappa shape index (κ1) is 14.9. The Morgan fingerprint density at radius 2 is 1.77 bits per heavy atom. The van der Waals surface area contributed by atoms with Gasteiger partial charge < -0.3 is 16.2 Å². The van der Waals surface area contributed by atoms with Gasteiger partial charge in [-0.25, -0.2) is 4.98 Å². The van der Waals surface area contributed by atoms with Crippen molar-refractivity contribution in [3.05, 3.63) is 53.6 Å². The Labute approximate surface area is 131 Å². The van der Waals surface area contributed by atoms with Crippen molar-refractivity contribution in [2.75, 3.05) is 11.1 Å². The number of anilines is 2. The molecule has 4 heteroatoms. The molecular weight excluding hydrogens is 274 g/mol. The van der Waals surface area contributed by atoms with Crippen LogP contribution in [-0.4, -0.2) is 22.2 Å². The molecule has 0 saturated heterocycles. The van der Waals surface area contributed by atoms with Gasteiger partial charge in [0.2, 0.25) is 0 Å². The second kappa shape index (κ2) is 6.79. The molecule has 0 amide bonds. The lowest BCUT2D eigenvalue weighted by Crippen LogP contribution is -2.28. The highest BCUT2D eigenvalue weighted by atomic mass is 16.3. The molecule has 0 aliphatic heterocycles. The average Bonchev–Trinajstić information content (AvgIpc) is 2.50. The van der Waals surface area contributed by atoms with Gasteiger partial charge in [0.1, 0.15) is 11.6 Å². The maximum atomic E-state index is 9.58. The number of aromatic nitrogens is 1. The number of aliphatic hydroxyl groups excluding tert-OH is 1. The maximum Gasteiger partial charge on any atom is 0.128 e. The van der Waals surface area contributed by atoms with Crippen LogP contribution in [0.15, 0.2) is 42.5 Å². The molecule has 4 nitrogen and oxygen atoms in total. The predicted octanol–water partition coefficient (Wildman–Crippen LogP) is 2.97. The van der Waals surface area contributed by atoms with Crippen molar-refractivity contribution < 1.29 is 5.11 Å². The Kier molecular flexibility index (Phi) is 4.59. The summed E-state index contributed by atoms with van der Waals surface area (Å²) < 4.78 is 0. The highest BCUT2D eigenvalue weighted by Crippen LogP contribution is 2.23. The molecule has 1 aromatic carbocycles. The number of nitrogens with one attached hydrogen (secondary N) is 1. The molecule has 4 N–H and O–H groups in total. The van der Waals surface area contributed by atoms with E-state index in [1.54, 1.807) is 0 Å². The van der Waals surface area contributed by atoms with Crippen molar-refractivity contribution >= 4 is 11.6 Å². The third kappa shape index (κ3) is 3.98. The first-order valence-corrected chi connectivity index (χ1v) is 7.94. The van der Waals surface area contributed by atoms with Crippen molar-refractivity contribution in [1.82, 2.24) is 4.98 Å². The highest BCUT2D eigenvalue weighted by molar-refractivity contribution is 5.48. The number of nitrogen functional groups attached to an aromatic ring is 1. The Morgan fingerprint density at radius 1 is 1.05 bits per heavy atom. The van der Waals surface area contributed by atoms with Crippen LogP contribution in [0.2, 0.25) is 0 Å². The van der Waals surface area contributed by atoms with Crippen LogP contribution in [0.1, 0.15) is 36.8 Å². The summed E-state index contributed by atoms with van der Waals surface area (Å²) in [5.74, 6) is 1.39. The molecule has 3 rings (SSSR count). The van der Waals surface area contributed by atoms with Crippen molar-refractivity contribution in [1.29, 1.82) is 0 Å². The van der Waals surface area contributed by atoms with E-state index in [2.05, 4.69) is 28.5 Å². The molecule has 1 aliphatic carbocycles. The highest BCUT2D eigenvalue weighted by Gasteiger charge is 2.19.